The van der Waals surface area contributed by atoms with E-state index in [1.165, 1.54) is 10.4 Å². The van der Waals surface area contributed by atoms with E-state index in [4.69, 9.17) is 9.47 Å². The Morgan fingerprint density at radius 1 is 1.21 bits per heavy atom. The minimum atomic E-state index is -3.59. The van der Waals surface area contributed by atoms with Crippen molar-refractivity contribution in [3.05, 3.63) is 45.7 Å². The molecule has 0 atom stereocenters. The first kappa shape index (κ1) is 21.9. The molecule has 0 aliphatic carbocycles. The molecule has 0 saturated carbocycles. The van der Waals surface area contributed by atoms with Crippen molar-refractivity contribution in [3.8, 4) is 0 Å². The highest BCUT2D eigenvalue weighted by molar-refractivity contribution is 9.10. The van der Waals surface area contributed by atoms with Crippen LogP contribution in [0.15, 0.2) is 45.1 Å². The Hall–Kier alpha value is -1.79. The fraction of sp³-hybridized carbons (Fsp3) is 0.333. The summed E-state index contributed by atoms with van der Waals surface area (Å²) < 4.78 is 37.7. The van der Waals surface area contributed by atoms with Gasteiger partial charge in [0.1, 0.15) is 4.21 Å². The molecule has 2 heterocycles. The first-order valence-electron chi connectivity index (χ1n) is 8.72. The van der Waals surface area contributed by atoms with E-state index < -0.39 is 28.5 Å². The van der Waals surface area contributed by atoms with Gasteiger partial charge in [-0.05, 0) is 30.3 Å². The Morgan fingerprint density at radius 3 is 2.69 bits per heavy atom. The summed E-state index contributed by atoms with van der Waals surface area (Å²) in [5.41, 5.74) is 0.580. The number of nitrogens with one attached hydrogen (secondary N) is 1. The van der Waals surface area contributed by atoms with Crippen LogP contribution in [0.2, 0.25) is 0 Å². The molecule has 3 rings (SSSR count). The van der Waals surface area contributed by atoms with Crippen molar-refractivity contribution in [1.29, 1.82) is 0 Å². The lowest BCUT2D eigenvalue weighted by Crippen LogP contribution is -2.40. The number of carbonyl (C=O) groups excluding carboxylic acids is 2. The second kappa shape index (κ2) is 9.81. The summed E-state index contributed by atoms with van der Waals surface area (Å²) in [5, 5.41) is 2.62. The lowest BCUT2D eigenvalue weighted by molar-refractivity contribution is -0.146. The zero-order chi connectivity index (χ0) is 20.9. The van der Waals surface area contributed by atoms with Gasteiger partial charge in [0, 0.05) is 28.1 Å². The Balaban J connectivity index is 1.50. The van der Waals surface area contributed by atoms with Gasteiger partial charge in [-0.3, -0.25) is 9.59 Å². The minimum Gasteiger partial charge on any atom is -0.455 e. The standard InChI is InChI=1S/C18H19BrN2O6S2/c19-13-2-1-3-14(10-13)20-16(22)12-27-17(23)11-15-4-5-18(28-15)29(24,25)21-6-8-26-9-7-21/h1-5,10H,6-9,11-12H2,(H,20,22). The van der Waals surface area contributed by atoms with Gasteiger partial charge in [0.15, 0.2) is 6.61 Å². The number of amides is 1. The molecule has 11 heteroatoms. The van der Waals surface area contributed by atoms with Gasteiger partial charge in [0.2, 0.25) is 0 Å². The second-order valence-electron chi connectivity index (χ2n) is 6.13. The number of benzene rings is 1. The molecule has 1 saturated heterocycles. The van der Waals surface area contributed by atoms with Crippen LogP contribution in [0.5, 0.6) is 0 Å². The van der Waals surface area contributed by atoms with Crippen LogP contribution >= 0.6 is 27.3 Å². The summed E-state index contributed by atoms with van der Waals surface area (Å²) in [7, 11) is -3.59. The number of sulfonamides is 1. The van der Waals surface area contributed by atoms with Crippen LogP contribution < -0.4 is 5.32 Å². The Kier molecular flexibility index (Phi) is 7.41. The molecule has 1 amide bonds. The summed E-state index contributed by atoms with van der Waals surface area (Å²) in [6.07, 6.45) is -0.104. The van der Waals surface area contributed by atoms with Crippen molar-refractivity contribution >= 4 is 54.9 Å². The van der Waals surface area contributed by atoms with Crippen LogP contribution in [0.4, 0.5) is 5.69 Å². The number of thiophene rings is 1. The number of halogens is 1. The molecule has 1 fully saturated rings. The molecule has 29 heavy (non-hydrogen) atoms. The third-order valence-electron chi connectivity index (χ3n) is 3.99. The number of carbonyl (C=O) groups is 2. The number of hydrogen-bond acceptors (Lipinski definition) is 7. The summed E-state index contributed by atoms with van der Waals surface area (Å²) >= 11 is 4.33. The fourth-order valence-corrected chi connectivity index (χ4v) is 5.91. The maximum atomic E-state index is 12.6. The lowest BCUT2D eigenvalue weighted by Gasteiger charge is -2.25. The van der Waals surface area contributed by atoms with Crippen LogP contribution in [-0.2, 0) is 35.5 Å². The Morgan fingerprint density at radius 2 is 1.97 bits per heavy atom. The molecule has 1 aromatic carbocycles. The van der Waals surface area contributed by atoms with Crippen LogP contribution in [-0.4, -0.2) is 57.5 Å². The number of rotatable bonds is 7. The SMILES string of the molecule is O=C(COC(=O)Cc1ccc(S(=O)(=O)N2CCOCC2)s1)Nc1cccc(Br)c1. The van der Waals surface area contributed by atoms with E-state index >= 15 is 0 Å². The van der Waals surface area contributed by atoms with Gasteiger partial charge in [-0.1, -0.05) is 22.0 Å². The largest absolute Gasteiger partial charge is 0.455 e. The van der Waals surface area contributed by atoms with E-state index in [9.17, 15) is 18.0 Å². The van der Waals surface area contributed by atoms with Crippen molar-refractivity contribution in [2.24, 2.45) is 0 Å². The number of anilines is 1. The first-order chi connectivity index (χ1) is 13.8. The Bertz CT molecular complexity index is 986. The number of nitrogens with zero attached hydrogens (tertiary/aromatic N) is 1. The lowest BCUT2D eigenvalue weighted by atomic mass is 10.3. The van der Waals surface area contributed by atoms with Crippen LogP contribution in [0.1, 0.15) is 4.88 Å². The van der Waals surface area contributed by atoms with E-state index in [0.29, 0.717) is 36.9 Å². The quantitative estimate of drug-likeness (QED) is 0.582. The van der Waals surface area contributed by atoms with E-state index in [2.05, 4.69) is 21.2 Å². The highest BCUT2D eigenvalue weighted by Gasteiger charge is 2.28. The highest BCUT2D eigenvalue weighted by Crippen LogP contribution is 2.26. The van der Waals surface area contributed by atoms with E-state index in [1.54, 1.807) is 24.3 Å². The zero-order valence-electron chi connectivity index (χ0n) is 15.3. The van der Waals surface area contributed by atoms with Crippen molar-refractivity contribution in [2.45, 2.75) is 10.6 Å². The average Bonchev–Trinajstić information content (AvgIpc) is 3.16. The molecular formula is C18H19BrN2O6S2. The molecule has 0 spiro atoms. The maximum Gasteiger partial charge on any atom is 0.311 e. The van der Waals surface area contributed by atoms with Crippen LogP contribution in [0.3, 0.4) is 0 Å². The molecule has 8 nitrogen and oxygen atoms in total. The zero-order valence-corrected chi connectivity index (χ0v) is 18.5. The number of morpholine rings is 1. The number of hydrogen-bond donors (Lipinski definition) is 1. The third-order valence-corrected chi connectivity index (χ3v) is 7.94. The predicted octanol–water partition coefficient (Wildman–Crippen LogP) is 2.26. The number of ether oxygens (including phenoxy) is 2. The van der Waals surface area contributed by atoms with Gasteiger partial charge >= 0.3 is 5.97 Å². The molecule has 0 radical (unpaired) electrons. The minimum absolute atomic E-state index is 0.104. The normalized spacial score (nSPS) is 15.1. The van der Waals surface area contributed by atoms with Crippen molar-refractivity contribution in [3.63, 3.8) is 0 Å². The molecule has 156 valence electrons. The van der Waals surface area contributed by atoms with E-state index in [1.807, 2.05) is 6.07 Å². The molecule has 1 aliphatic heterocycles. The summed E-state index contributed by atoms with van der Waals surface area (Å²) in [4.78, 5) is 24.5. The molecule has 0 unspecified atom stereocenters. The average molecular weight is 503 g/mol. The maximum absolute atomic E-state index is 12.6. The molecule has 1 aliphatic rings. The molecule has 1 N–H and O–H groups in total. The van der Waals surface area contributed by atoms with Crippen molar-refractivity contribution in [1.82, 2.24) is 4.31 Å². The van der Waals surface area contributed by atoms with E-state index in [-0.39, 0.29) is 10.6 Å². The molecule has 0 bridgehead atoms. The van der Waals surface area contributed by atoms with E-state index in [0.717, 1.165) is 15.8 Å². The van der Waals surface area contributed by atoms with Gasteiger partial charge in [-0.2, -0.15) is 4.31 Å². The predicted molar refractivity (Wildman–Crippen MR) is 111 cm³/mol. The van der Waals surface area contributed by atoms with Gasteiger partial charge in [0.25, 0.3) is 15.9 Å². The highest BCUT2D eigenvalue weighted by atomic mass is 79.9. The topological polar surface area (TPSA) is 102 Å². The van der Waals surface area contributed by atoms with Gasteiger partial charge < -0.3 is 14.8 Å². The fourth-order valence-electron chi connectivity index (χ4n) is 2.61. The smallest absolute Gasteiger partial charge is 0.311 e. The molecule has 1 aromatic heterocycles. The Labute approximate surface area is 181 Å². The summed E-state index contributed by atoms with van der Waals surface area (Å²) in [5.74, 6) is -1.07. The molecule has 2 aromatic rings. The summed E-state index contributed by atoms with van der Waals surface area (Å²) in [6.45, 7) is 0.933. The van der Waals surface area contributed by atoms with Gasteiger partial charge in [-0.15, -0.1) is 11.3 Å². The second-order valence-corrected chi connectivity index (χ2v) is 10.4. The first-order valence-corrected chi connectivity index (χ1v) is 11.8. The van der Waals surface area contributed by atoms with Gasteiger partial charge in [0.05, 0.1) is 19.6 Å². The van der Waals surface area contributed by atoms with Gasteiger partial charge in [-0.25, -0.2) is 8.42 Å². The number of esters is 1. The summed E-state index contributed by atoms with van der Waals surface area (Å²) in [6, 6.07) is 10.1. The van der Waals surface area contributed by atoms with Crippen LogP contribution in [0, 0.1) is 0 Å². The van der Waals surface area contributed by atoms with Crippen molar-refractivity contribution in [2.75, 3.05) is 38.2 Å². The van der Waals surface area contributed by atoms with Crippen molar-refractivity contribution < 1.29 is 27.5 Å². The monoisotopic (exact) mass is 502 g/mol. The molecular weight excluding hydrogens is 484 g/mol. The van der Waals surface area contributed by atoms with Crippen LogP contribution in [0.25, 0.3) is 0 Å². The third kappa shape index (κ3) is 6.09.